The average Bonchev–Trinajstić information content (AvgIpc) is 2.71. The molecule has 0 fully saturated rings. The number of rotatable bonds is 8. The second kappa shape index (κ2) is 9.06. The largest absolute Gasteiger partial charge is 0.390 e. The van der Waals surface area contributed by atoms with E-state index >= 15 is 0 Å². The van der Waals surface area contributed by atoms with Gasteiger partial charge in [0, 0.05) is 23.7 Å². The summed E-state index contributed by atoms with van der Waals surface area (Å²) in [5, 5.41) is 10.7. The molecule has 0 saturated heterocycles. The Morgan fingerprint density at radius 3 is 2.34 bits per heavy atom. The van der Waals surface area contributed by atoms with Crippen LogP contribution in [-0.4, -0.2) is 21.1 Å². The minimum atomic E-state index is -0.926. The van der Waals surface area contributed by atoms with Crippen LogP contribution >= 0.6 is 0 Å². The first kappa shape index (κ1) is 21.5. The van der Waals surface area contributed by atoms with Crippen LogP contribution in [0.5, 0.6) is 0 Å². The summed E-state index contributed by atoms with van der Waals surface area (Å²) in [5.74, 6) is -0.221. The van der Waals surface area contributed by atoms with Crippen molar-refractivity contribution in [2.75, 3.05) is 0 Å². The van der Waals surface area contributed by atoms with Gasteiger partial charge in [-0.25, -0.2) is 4.39 Å². The molecule has 1 unspecified atom stereocenters. The third-order valence-electron chi connectivity index (χ3n) is 5.84. The molecule has 1 N–H and O–H groups in total. The summed E-state index contributed by atoms with van der Waals surface area (Å²) >= 11 is 0. The van der Waals surface area contributed by atoms with Gasteiger partial charge in [0.15, 0.2) is 0 Å². The molecule has 0 radical (unpaired) electrons. The number of nitrogens with zero attached hydrogens (tertiary/aromatic N) is 1. The fourth-order valence-corrected chi connectivity index (χ4v) is 4.30. The molecule has 0 aromatic heterocycles. The van der Waals surface area contributed by atoms with Crippen molar-refractivity contribution >= 4 is 0 Å². The van der Waals surface area contributed by atoms with E-state index in [2.05, 4.69) is 48.3 Å². The van der Waals surface area contributed by atoms with E-state index in [9.17, 15) is 9.50 Å². The molecule has 0 saturated carbocycles. The monoisotopic (exact) mass is 393 g/mol. The van der Waals surface area contributed by atoms with Crippen LogP contribution in [0, 0.1) is 5.82 Å². The molecule has 3 heteroatoms. The second-order valence-corrected chi connectivity index (χ2v) is 8.62. The highest BCUT2D eigenvalue weighted by Gasteiger charge is 2.40. The lowest BCUT2D eigenvalue weighted by molar-refractivity contribution is -0.00468. The highest BCUT2D eigenvalue weighted by molar-refractivity contribution is 5.28. The first-order valence-corrected chi connectivity index (χ1v) is 10.5. The zero-order valence-electron chi connectivity index (χ0n) is 17.7. The van der Waals surface area contributed by atoms with Crippen LogP contribution < -0.4 is 0 Å². The number of benzene rings is 2. The summed E-state index contributed by atoms with van der Waals surface area (Å²) in [7, 11) is 0. The normalized spacial score (nSPS) is 20.2. The number of aliphatic hydroxyl groups is 1. The van der Waals surface area contributed by atoms with Gasteiger partial charge < -0.3 is 5.11 Å². The Morgan fingerprint density at radius 1 is 1.07 bits per heavy atom. The molecule has 2 atom stereocenters. The highest BCUT2D eigenvalue weighted by Crippen LogP contribution is 2.41. The Morgan fingerprint density at radius 2 is 1.76 bits per heavy atom. The maximum absolute atomic E-state index is 15.0. The lowest BCUT2D eigenvalue weighted by Gasteiger charge is -2.48. The zero-order valence-corrected chi connectivity index (χ0v) is 17.7. The summed E-state index contributed by atoms with van der Waals surface area (Å²) < 4.78 is 15.0. The van der Waals surface area contributed by atoms with Gasteiger partial charge >= 0.3 is 0 Å². The molecule has 0 heterocycles. The van der Waals surface area contributed by atoms with Crippen molar-refractivity contribution in [3.05, 3.63) is 95.8 Å². The third kappa shape index (κ3) is 5.23. The van der Waals surface area contributed by atoms with Crippen LogP contribution in [0.15, 0.2) is 78.9 Å². The molecule has 3 rings (SSSR count). The molecule has 0 amide bonds. The van der Waals surface area contributed by atoms with Crippen LogP contribution in [0.4, 0.5) is 4.39 Å². The van der Waals surface area contributed by atoms with Gasteiger partial charge in [0.25, 0.3) is 0 Å². The number of hydrogen-bond donors (Lipinski definition) is 1. The number of hydrogen-bond acceptors (Lipinski definition) is 2. The van der Waals surface area contributed by atoms with Gasteiger partial charge in [-0.15, -0.1) is 0 Å². The van der Waals surface area contributed by atoms with Crippen molar-refractivity contribution in [1.82, 2.24) is 4.90 Å². The van der Waals surface area contributed by atoms with Crippen molar-refractivity contribution in [2.45, 2.75) is 63.8 Å². The van der Waals surface area contributed by atoms with Crippen molar-refractivity contribution in [1.29, 1.82) is 0 Å². The number of allylic oxidation sites excluding steroid dienone is 2. The molecule has 2 aromatic rings. The van der Waals surface area contributed by atoms with Crippen molar-refractivity contribution in [3.63, 3.8) is 0 Å². The fraction of sp³-hybridized carbons (Fsp3) is 0.385. The molecule has 2 nitrogen and oxygen atoms in total. The maximum atomic E-state index is 15.0. The molecular weight excluding hydrogens is 361 g/mol. The van der Waals surface area contributed by atoms with E-state index in [1.165, 1.54) is 11.6 Å². The second-order valence-electron chi connectivity index (χ2n) is 8.62. The Kier molecular flexibility index (Phi) is 6.71. The molecule has 2 aromatic carbocycles. The predicted molar refractivity (Wildman–Crippen MR) is 118 cm³/mol. The summed E-state index contributed by atoms with van der Waals surface area (Å²) in [6, 6.07) is 17.0. The molecule has 1 aliphatic carbocycles. The topological polar surface area (TPSA) is 23.5 Å². The van der Waals surface area contributed by atoms with E-state index < -0.39 is 5.60 Å². The van der Waals surface area contributed by atoms with Gasteiger partial charge in [-0.2, -0.15) is 0 Å². The summed E-state index contributed by atoms with van der Waals surface area (Å²) in [6.45, 7) is 6.47. The molecule has 29 heavy (non-hydrogen) atoms. The van der Waals surface area contributed by atoms with E-state index in [-0.39, 0.29) is 17.4 Å². The maximum Gasteiger partial charge on any atom is 0.127 e. The average molecular weight is 394 g/mol. The molecule has 1 aliphatic rings. The van der Waals surface area contributed by atoms with Crippen LogP contribution in [0.25, 0.3) is 0 Å². The fourth-order valence-electron chi connectivity index (χ4n) is 4.30. The van der Waals surface area contributed by atoms with Crippen LogP contribution in [-0.2, 0) is 6.54 Å². The Bertz CT molecular complexity index is 853. The lowest BCUT2D eigenvalue weighted by Crippen LogP contribution is -2.50. The first-order chi connectivity index (χ1) is 13.8. The van der Waals surface area contributed by atoms with Crippen molar-refractivity contribution in [3.8, 4) is 0 Å². The molecular formula is C26H32FNO. The van der Waals surface area contributed by atoms with Crippen molar-refractivity contribution in [2.24, 2.45) is 0 Å². The first-order valence-electron chi connectivity index (χ1n) is 10.5. The zero-order chi connectivity index (χ0) is 20.9. The Hall–Kier alpha value is -2.23. The van der Waals surface area contributed by atoms with E-state index in [0.29, 0.717) is 18.5 Å². The van der Waals surface area contributed by atoms with E-state index in [1.807, 2.05) is 30.3 Å². The summed E-state index contributed by atoms with van der Waals surface area (Å²) in [4.78, 5) is 2.39. The predicted octanol–water partition coefficient (Wildman–Crippen LogP) is 6.19. The minimum absolute atomic E-state index is 0.221. The van der Waals surface area contributed by atoms with Crippen LogP contribution in [0.3, 0.4) is 0 Å². The third-order valence-corrected chi connectivity index (χ3v) is 5.84. The van der Waals surface area contributed by atoms with E-state index in [1.54, 1.807) is 19.9 Å². The van der Waals surface area contributed by atoms with Gasteiger partial charge in [-0.3, -0.25) is 4.90 Å². The molecule has 0 bridgehead atoms. The van der Waals surface area contributed by atoms with Gasteiger partial charge in [0.1, 0.15) is 5.82 Å². The summed E-state index contributed by atoms with van der Waals surface area (Å²) in [6.07, 6.45) is 10.8. The van der Waals surface area contributed by atoms with Gasteiger partial charge in [-0.1, -0.05) is 79.8 Å². The SMILES string of the molecule is CC[C@@]1(N(Cc2ccccc2)C(CC(C)(C)O)c2ccccc2F)C=CC=CC1. The molecule has 0 aliphatic heterocycles. The van der Waals surface area contributed by atoms with E-state index in [0.717, 1.165) is 12.8 Å². The highest BCUT2D eigenvalue weighted by atomic mass is 19.1. The lowest BCUT2D eigenvalue weighted by atomic mass is 9.81. The van der Waals surface area contributed by atoms with Gasteiger partial charge in [0.2, 0.25) is 0 Å². The number of halogens is 1. The molecule has 154 valence electrons. The van der Waals surface area contributed by atoms with Gasteiger partial charge in [0.05, 0.1) is 5.60 Å². The van der Waals surface area contributed by atoms with Gasteiger partial charge in [-0.05, 0) is 44.7 Å². The molecule has 0 spiro atoms. The van der Waals surface area contributed by atoms with Crippen LogP contribution in [0.1, 0.15) is 57.2 Å². The van der Waals surface area contributed by atoms with E-state index in [4.69, 9.17) is 0 Å². The van der Waals surface area contributed by atoms with Crippen LogP contribution in [0.2, 0.25) is 0 Å². The summed E-state index contributed by atoms with van der Waals surface area (Å²) in [5.41, 5.74) is 0.662. The smallest absolute Gasteiger partial charge is 0.127 e. The standard InChI is InChI=1S/C26H32FNO/c1-4-26(17-11-6-12-18-26)28(20-21-13-7-5-8-14-21)24(19-25(2,3)29)22-15-9-10-16-23(22)27/h5-17,24,29H,4,18-20H2,1-3H3/t24?,26-/m1/s1. The minimum Gasteiger partial charge on any atom is -0.390 e. The quantitative estimate of drug-likeness (QED) is 0.577. The Labute approximate surface area is 174 Å². The van der Waals surface area contributed by atoms with Crippen molar-refractivity contribution < 1.29 is 9.50 Å². The Balaban J connectivity index is 2.12.